The Morgan fingerprint density at radius 3 is 2.22 bits per heavy atom. The first kappa shape index (κ1) is 19.3. The van der Waals surface area contributed by atoms with E-state index in [0.29, 0.717) is 16.5 Å². The van der Waals surface area contributed by atoms with Gasteiger partial charge in [-0.15, -0.1) is 23.5 Å². The van der Waals surface area contributed by atoms with Gasteiger partial charge in [0.05, 0.1) is 6.57 Å². The predicted molar refractivity (Wildman–Crippen MR) is 114 cm³/mol. The van der Waals surface area contributed by atoms with E-state index in [4.69, 9.17) is 6.57 Å². The SMILES string of the molecule is [C-]#[N+]c1c(SC)nc(-c2ccc(SC)cc2)n(-c2ccc(CC)cc2)c1=O. The Bertz CT molecular complexity index is 1050. The maximum Gasteiger partial charge on any atom is 0.282 e. The Morgan fingerprint density at radius 1 is 1.04 bits per heavy atom. The number of aryl methyl sites for hydroxylation is 1. The van der Waals surface area contributed by atoms with Crippen LogP contribution in [0, 0.1) is 6.57 Å². The molecule has 3 rings (SSSR count). The molecule has 2 aromatic carbocycles. The lowest BCUT2D eigenvalue weighted by atomic mass is 10.1. The summed E-state index contributed by atoms with van der Waals surface area (Å²) in [5.74, 6) is 0.550. The van der Waals surface area contributed by atoms with Gasteiger partial charge in [0, 0.05) is 16.1 Å². The molecule has 0 bridgehead atoms. The lowest BCUT2D eigenvalue weighted by Crippen LogP contribution is -2.22. The molecule has 0 fully saturated rings. The molecular weight excluding hydrogens is 374 g/mol. The maximum absolute atomic E-state index is 13.1. The van der Waals surface area contributed by atoms with E-state index < -0.39 is 0 Å². The molecule has 0 atom stereocenters. The summed E-state index contributed by atoms with van der Waals surface area (Å²) in [7, 11) is 0. The lowest BCUT2D eigenvalue weighted by molar-refractivity contribution is 0.914. The lowest BCUT2D eigenvalue weighted by Gasteiger charge is -2.15. The van der Waals surface area contributed by atoms with Crippen LogP contribution in [0.5, 0.6) is 0 Å². The number of hydrogen-bond donors (Lipinski definition) is 0. The minimum absolute atomic E-state index is 0.0616. The maximum atomic E-state index is 13.1. The molecule has 0 aliphatic heterocycles. The van der Waals surface area contributed by atoms with Crippen LogP contribution >= 0.6 is 23.5 Å². The van der Waals surface area contributed by atoms with E-state index in [1.54, 1.807) is 16.3 Å². The Morgan fingerprint density at radius 2 is 1.70 bits per heavy atom. The number of hydrogen-bond acceptors (Lipinski definition) is 4. The third-order valence-electron chi connectivity index (χ3n) is 4.28. The summed E-state index contributed by atoms with van der Waals surface area (Å²) < 4.78 is 1.54. The highest BCUT2D eigenvalue weighted by atomic mass is 32.2. The van der Waals surface area contributed by atoms with E-state index in [1.807, 2.05) is 61.0 Å². The number of nitrogens with zero attached hydrogens (tertiary/aromatic N) is 3. The highest BCUT2D eigenvalue weighted by Gasteiger charge is 2.19. The molecule has 0 radical (unpaired) electrons. The van der Waals surface area contributed by atoms with Crippen molar-refractivity contribution in [3.63, 3.8) is 0 Å². The van der Waals surface area contributed by atoms with Crippen molar-refractivity contribution in [1.82, 2.24) is 9.55 Å². The van der Waals surface area contributed by atoms with Gasteiger partial charge in [0.15, 0.2) is 0 Å². The van der Waals surface area contributed by atoms with Crippen molar-refractivity contribution in [2.75, 3.05) is 12.5 Å². The van der Waals surface area contributed by atoms with Gasteiger partial charge >= 0.3 is 0 Å². The Labute approximate surface area is 167 Å². The van der Waals surface area contributed by atoms with Crippen molar-refractivity contribution in [3.8, 4) is 17.1 Å². The highest BCUT2D eigenvalue weighted by Crippen LogP contribution is 2.29. The summed E-state index contributed by atoms with van der Waals surface area (Å²) >= 11 is 2.98. The zero-order chi connectivity index (χ0) is 19.4. The van der Waals surface area contributed by atoms with Gasteiger partial charge in [0.2, 0.25) is 0 Å². The van der Waals surface area contributed by atoms with Crippen LogP contribution in [-0.4, -0.2) is 22.1 Å². The molecular formula is C21H19N3OS2. The van der Waals surface area contributed by atoms with Gasteiger partial charge in [-0.25, -0.2) is 9.83 Å². The largest absolute Gasteiger partial charge is 0.282 e. The molecule has 136 valence electrons. The van der Waals surface area contributed by atoms with Crippen molar-refractivity contribution in [2.24, 2.45) is 0 Å². The molecule has 1 heterocycles. The van der Waals surface area contributed by atoms with Gasteiger partial charge in [0.1, 0.15) is 10.9 Å². The Balaban J connectivity index is 2.30. The molecule has 6 heteroatoms. The fourth-order valence-electron chi connectivity index (χ4n) is 2.78. The third kappa shape index (κ3) is 3.80. The summed E-state index contributed by atoms with van der Waals surface area (Å²) in [6.07, 6.45) is 4.78. The van der Waals surface area contributed by atoms with Crippen molar-refractivity contribution < 1.29 is 0 Å². The fraction of sp³-hybridized carbons (Fsp3) is 0.190. The number of rotatable bonds is 5. The molecule has 0 N–H and O–H groups in total. The summed E-state index contributed by atoms with van der Waals surface area (Å²) in [4.78, 5) is 22.4. The summed E-state index contributed by atoms with van der Waals surface area (Å²) in [5.41, 5.74) is 2.48. The zero-order valence-electron chi connectivity index (χ0n) is 15.4. The van der Waals surface area contributed by atoms with Gasteiger partial charge in [0.25, 0.3) is 11.2 Å². The molecule has 0 saturated heterocycles. The second-order valence-electron chi connectivity index (χ2n) is 5.79. The number of thioether (sulfide) groups is 2. The van der Waals surface area contributed by atoms with Gasteiger partial charge in [-0.3, -0.25) is 9.36 Å². The van der Waals surface area contributed by atoms with Crippen LogP contribution in [0.3, 0.4) is 0 Å². The molecule has 27 heavy (non-hydrogen) atoms. The van der Waals surface area contributed by atoms with Crippen LogP contribution in [0.2, 0.25) is 0 Å². The molecule has 1 aromatic heterocycles. The predicted octanol–water partition coefficient (Wildman–Crippen LogP) is 5.46. The standard InChI is InChI=1S/C21H19N3OS2/c1-5-14-6-10-16(11-7-14)24-19(15-8-12-17(26-3)13-9-15)23-20(27-4)18(22-2)21(24)25/h6-13H,5H2,1,3-4H3. The second kappa shape index (κ2) is 8.47. The van der Waals surface area contributed by atoms with Crippen LogP contribution in [0.1, 0.15) is 12.5 Å². The van der Waals surface area contributed by atoms with E-state index in [0.717, 1.165) is 16.9 Å². The van der Waals surface area contributed by atoms with Crippen LogP contribution < -0.4 is 5.56 Å². The first-order chi connectivity index (χ1) is 13.1. The average molecular weight is 394 g/mol. The smallest absolute Gasteiger partial charge is 0.282 e. The van der Waals surface area contributed by atoms with Crippen LogP contribution in [0.4, 0.5) is 5.69 Å². The van der Waals surface area contributed by atoms with E-state index in [2.05, 4.69) is 16.8 Å². The van der Waals surface area contributed by atoms with Crippen LogP contribution in [-0.2, 0) is 6.42 Å². The zero-order valence-corrected chi connectivity index (χ0v) is 17.0. The monoisotopic (exact) mass is 393 g/mol. The molecule has 0 unspecified atom stereocenters. The molecule has 0 spiro atoms. The molecule has 3 aromatic rings. The fourth-order valence-corrected chi connectivity index (χ4v) is 3.70. The van der Waals surface area contributed by atoms with Crippen LogP contribution in [0.25, 0.3) is 21.9 Å². The van der Waals surface area contributed by atoms with Crippen molar-refractivity contribution in [3.05, 3.63) is 75.9 Å². The van der Waals surface area contributed by atoms with E-state index in [1.165, 1.54) is 17.3 Å². The summed E-state index contributed by atoms with van der Waals surface area (Å²) in [5, 5.41) is 0.459. The normalized spacial score (nSPS) is 10.6. The number of benzene rings is 2. The molecule has 4 nitrogen and oxygen atoms in total. The van der Waals surface area contributed by atoms with Crippen molar-refractivity contribution >= 4 is 29.2 Å². The molecule has 0 amide bonds. The van der Waals surface area contributed by atoms with E-state index >= 15 is 0 Å². The van der Waals surface area contributed by atoms with E-state index in [-0.39, 0.29) is 11.2 Å². The topological polar surface area (TPSA) is 39.2 Å². The average Bonchev–Trinajstić information content (AvgIpc) is 2.73. The third-order valence-corrected chi connectivity index (χ3v) is 5.70. The number of aromatic nitrogens is 2. The second-order valence-corrected chi connectivity index (χ2v) is 7.47. The van der Waals surface area contributed by atoms with Gasteiger partial charge in [-0.1, -0.05) is 31.2 Å². The summed E-state index contributed by atoms with van der Waals surface area (Å²) in [6.45, 7) is 9.52. The van der Waals surface area contributed by atoms with Crippen molar-refractivity contribution in [1.29, 1.82) is 0 Å². The van der Waals surface area contributed by atoms with Crippen molar-refractivity contribution in [2.45, 2.75) is 23.3 Å². The Hall–Kier alpha value is -2.49. The minimum atomic E-state index is -0.336. The van der Waals surface area contributed by atoms with Gasteiger partial charge < -0.3 is 0 Å². The van der Waals surface area contributed by atoms with Gasteiger partial charge in [-0.2, -0.15) is 0 Å². The molecule has 0 aliphatic carbocycles. The first-order valence-corrected chi connectivity index (χ1v) is 10.9. The first-order valence-electron chi connectivity index (χ1n) is 8.45. The summed E-state index contributed by atoms with van der Waals surface area (Å²) in [6, 6.07) is 15.8. The Kier molecular flexibility index (Phi) is 6.04. The van der Waals surface area contributed by atoms with E-state index in [9.17, 15) is 4.79 Å². The quantitative estimate of drug-likeness (QED) is 0.328. The minimum Gasteiger partial charge on any atom is -0.282 e. The molecule has 0 aliphatic rings. The highest BCUT2D eigenvalue weighted by molar-refractivity contribution is 7.98. The molecule has 0 saturated carbocycles. The van der Waals surface area contributed by atoms with Crippen LogP contribution in [0.15, 0.2) is 63.2 Å². The van der Waals surface area contributed by atoms with Gasteiger partial charge in [-0.05, 0) is 48.8 Å².